The van der Waals surface area contributed by atoms with Gasteiger partial charge in [-0.25, -0.2) is 0 Å². The van der Waals surface area contributed by atoms with E-state index < -0.39 is 0 Å². The Kier molecular flexibility index (Phi) is 6.39. The molecule has 2 aromatic rings. The lowest BCUT2D eigenvalue weighted by molar-refractivity contribution is -0.119. The minimum Gasteiger partial charge on any atom is -0.361 e. The number of aryl methyl sites for hydroxylation is 2. The van der Waals surface area contributed by atoms with E-state index in [9.17, 15) is 4.79 Å². The number of hydrogen-bond donors (Lipinski definition) is 1. The predicted octanol–water partition coefficient (Wildman–Crippen LogP) is 4.71. The van der Waals surface area contributed by atoms with Crippen molar-refractivity contribution in [3.8, 4) is 0 Å². The fourth-order valence-corrected chi connectivity index (χ4v) is 3.40. The van der Waals surface area contributed by atoms with Crippen LogP contribution >= 0.6 is 35.0 Å². The van der Waals surface area contributed by atoms with Crippen LogP contribution in [0.1, 0.15) is 35.5 Å². The third-order valence-corrected chi connectivity index (χ3v) is 5.18. The van der Waals surface area contributed by atoms with Gasteiger partial charge in [-0.05, 0) is 38.5 Å². The lowest BCUT2D eigenvalue weighted by Crippen LogP contribution is -2.28. The first-order chi connectivity index (χ1) is 10.9. The quantitative estimate of drug-likeness (QED) is 0.797. The molecule has 0 saturated heterocycles. The largest absolute Gasteiger partial charge is 0.361 e. The van der Waals surface area contributed by atoms with Crippen molar-refractivity contribution in [3.63, 3.8) is 0 Å². The zero-order chi connectivity index (χ0) is 17.0. The highest BCUT2D eigenvalue weighted by molar-refractivity contribution is 7.99. The number of nitrogens with zero attached hydrogens (tertiary/aromatic N) is 1. The number of amides is 1. The van der Waals surface area contributed by atoms with Crippen LogP contribution in [0.25, 0.3) is 0 Å². The third kappa shape index (κ3) is 4.90. The van der Waals surface area contributed by atoms with Gasteiger partial charge in [0.15, 0.2) is 0 Å². The van der Waals surface area contributed by atoms with Crippen molar-refractivity contribution in [3.05, 3.63) is 50.8 Å². The van der Waals surface area contributed by atoms with Crippen molar-refractivity contribution in [1.29, 1.82) is 0 Å². The smallest absolute Gasteiger partial charge is 0.230 e. The topological polar surface area (TPSA) is 55.1 Å². The lowest BCUT2D eigenvalue weighted by Gasteiger charge is -2.15. The molecule has 124 valence electrons. The summed E-state index contributed by atoms with van der Waals surface area (Å²) in [6.07, 6.45) is 0. The summed E-state index contributed by atoms with van der Waals surface area (Å²) in [5.74, 6) is 1.85. The second-order valence-electron chi connectivity index (χ2n) is 5.26. The van der Waals surface area contributed by atoms with Gasteiger partial charge in [0, 0.05) is 11.3 Å². The summed E-state index contributed by atoms with van der Waals surface area (Å²) in [5.41, 5.74) is 2.85. The molecule has 0 radical (unpaired) electrons. The first-order valence-electron chi connectivity index (χ1n) is 7.12. The molecule has 1 aromatic carbocycles. The van der Waals surface area contributed by atoms with E-state index in [1.54, 1.807) is 12.1 Å². The molecule has 1 amide bonds. The normalized spacial score (nSPS) is 12.2. The molecule has 1 heterocycles. The average Bonchev–Trinajstić information content (AvgIpc) is 2.81. The summed E-state index contributed by atoms with van der Waals surface area (Å²) in [7, 11) is 0. The number of carbonyl (C=O) groups excluding carboxylic acids is 1. The summed E-state index contributed by atoms with van der Waals surface area (Å²) >= 11 is 13.4. The van der Waals surface area contributed by atoms with Gasteiger partial charge in [0.2, 0.25) is 5.91 Å². The Hall–Kier alpha value is -1.17. The van der Waals surface area contributed by atoms with Crippen LogP contribution in [0.15, 0.2) is 22.7 Å². The molecule has 4 nitrogen and oxygen atoms in total. The molecule has 0 spiro atoms. The molecule has 0 bridgehead atoms. The lowest BCUT2D eigenvalue weighted by atomic mass is 10.1. The molecule has 1 atom stereocenters. The van der Waals surface area contributed by atoms with Crippen LogP contribution in [0, 0.1) is 13.8 Å². The molecule has 2 rings (SSSR count). The Morgan fingerprint density at radius 2 is 2.09 bits per heavy atom. The number of carbonyl (C=O) groups is 1. The number of aromatic nitrogens is 1. The Balaban J connectivity index is 1.83. The van der Waals surface area contributed by atoms with Gasteiger partial charge in [-0.3, -0.25) is 4.79 Å². The van der Waals surface area contributed by atoms with Gasteiger partial charge in [-0.2, -0.15) is 0 Å². The molecular formula is C16H18Cl2N2O2S. The Morgan fingerprint density at radius 3 is 2.70 bits per heavy atom. The highest BCUT2D eigenvalue weighted by Crippen LogP contribution is 2.25. The predicted molar refractivity (Wildman–Crippen MR) is 95.2 cm³/mol. The molecular weight excluding hydrogens is 355 g/mol. The molecule has 0 aliphatic rings. The standard InChI is InChI=1S/C16H18Cl2N2O2S/c1-9(12-4-5-14(17)15(18)6-12)19-16(21)8-23-7-13-10(2)20-22-11(13)3/h4-6,9H,7-8H2,1-3H3,(H,19,21). The summed E-state index contributed by atoms with van der Waals surface area (Å²) in [5, 5.41) is 7.84. The Morgan fingerprint density at radius 1 is 1.35 bits per heavy atom. The minimum absolute atomic E-state index is 0.0275. The van der Waals surface area contributed by atoms with Gasteiger partial charge < -0.3 is 9.84 Å². The van der Waals surface area contributed by atoms with Crippen LogP contribution in [0.5, 0.6) is 0 Å². The molecule has 1 N–H and O–H groups in total. The van der Waals surface area contributed by atoms with Crippen molar-refractivity contribution in [1.82, 2.24) is 10.5 Å². The monoisotopic (exact) mass is 372 g/mol. The number of thioether (sulfide) groups is 1. The van der Waals surface area contributed by atoms with E-state index in [1.165, 1.54) is 11.8 Å². The van der Waals surface area contributed by atoms with Gasteiger partial charge in [-0.15, -0.1) is 11.8 Å². The maximum absolute atomic E-state index is 12.0. The van der Waals surface area contributed by atoms with E-state index in [1.807, 2.05) is 26.8 Å². The van der Waals surface area contributed by atoms with Crippen LogP contribution in [-0.4, -0.2) is 16.8 Å². The summed E-state index contributed by atoms with van der Waals surface area (Å²) in [4.78, 5) is 12.0. The molecule has 0 saturated carbocycles. The Bertz CT molecular complexity index is 684. The highest BCUT2D eigenvalue weighted by atomic mass is 35.5. The van der Waals surface area contributed by atoms with E-state index in [0.717, 1.165) is 22.6 Å². The molecule has 1 aromatic heterocycles. The first-order valence-corrected chi connectivity index (χ1v) is 9.03. The molecule has 23 heavy (non-hydrogen) atoms. The average molecular weight is 373 g/mol. The van der Waals surface area contributed by atoms with Crippen molar-refractivity contribution in [2.24, 2.45) is 0 Å². The van der Waals surface area contributed by atoms with E-state index in [4.69, 9.17) is 27.7 Å². The number of benzene rings is 1. The highest BCUT2D eigenvalue weighted by Gasteiger charge is 2.13. The van der Waals surface area contributed by atoms with E-state index >= 15 is 0 Å². The third-order valence-electron chi connectivity index (χ3n) is 3.48. The van der Waals surface area contributed by atoms with Crippen LogP contribution in [0.3, 0.4) is 0 Å². The van der Waals surface area contributed by atoms with E-state index in [2.05, 4.69) is 10.5 Å². The molecule has 0 aliphatic heterocycles. The first kappa shape index (κ1) is 18.2. The summed E-state index contributed by atoms with van der Waals surface area (Å²) < 4.78 is 5.11. The number of hydrogen-bond acceptors (Lipinski definition) is 4. The second kappa shape index (κ2) is 8.08. The fourth-order valence-electron chi connectivity index (χ4n) is 2.10. The number of rotatable bonds is 6. The Labute approximate surface area is 149 Å². The van der Waals surface area contributed by atoms with Crippen molar-refractivity contribution in [2.45, 2.75) is 32.6 Å². The van der Waals surface area contributed by atoms with Crippen molar-refractivity contribution >= 4 is 40.9 Å². The fraction of sp³-hybridized carbons (Fsp3) is 0.375. The van der Waals surface area contributed by atoms with Crippen molar-refractivity contribution in [2.75, 3.05) is 5.75 Å². The molecule has 7 heteroatoms. The second-order valence-corrected chi connectivity index (χ2v) is 7.06. The zero-order valence-electron chi connectivity index (χ0n) is 13.2. The van der Waals surface area contributed by atoms with Gasteiger partial charge in [0.25, 0.3) is 0 Å². The van der Waals surface area contributed by atoms with Gasteiger partial charge >= 0.3 is 0 Å². The maximum Gasteiger partial charge on any atom is 0.230 e. The van der Waals surface area contributed by atoms with Crippen molar-refractivity contribution < 1.29 is 9.32 Å². The van der Waals surface area contributed by atoms with E-state index in [0.29, 0.717) is 21.6 Å². The maximum atomic E-state index is 12.0. The number of halogens is 2. The van der Waals surface area contributed by atoms with Crippen LogP contribution in [0.2, 0.25) is 10.0 Å². The molecule has 0 fully saturated rings. The van der Waals surface area contributed by atoms with Crippen LogP contribution < -0.4 is 5.32 Å². The minimum atomic E-state index is -0.128. The summed E-state index contributed by atoms with van der Waals surface area (Å²) in [6.45, 7) is 5.69. The molecule has 1 unspecified atom stereocenters. The van der Waals surface area contributed by atoms with E-state index in [-0.39, 0.29) is 11.9 Å². The molecule has 0 aliphatic carbocycles. The van der Waals surface area contributed by atoms with Gasteiger partial charge in [0.1, 0.15) is 5.76 Å². The zero-order valence-corrected chi connectivity index (χ0v) is 15.5. The van der Waals surface area contributed by atoms with Crippen LogP contribution in [0.4, 0.5) is 0 Å². The number of nitrogens with one attached hydrogen (secondary N) is 1. The SMILES string of the molecule is Cc1noc(C)c1CSCC(=O)NC(C)c1ccc(Cl)c(Cl)c1. The van der Waals surface area contributed by atoms with Gasteiger partial charge in [0.05, 0.1) is 27.5 Å². The summed E-state index contributed by atoms with van der Waals surface area (Å²) in [6, 6.07) is 5.23. The van der Waals surface area contributed by atoms with Gasteiger partial charge in [-0.1, -0.05) is 34.4 Å². The van der Waals surface area contributed by atoms with Crippen LogP contribution in [-0.2, 0) is 10.5 Å².